The number of benzene rings is 2. The van der Waals surface area contributed by atoms with Gasteiger partial charge in [-0.2, -0.15) is 0 Å². The molecule has 4 rings (SSSR count). The molecule has 0 bridgehead atoms. The highest BCUT2D eigenvalue weighted by molar-refractivity contribution is 8.00. The highest BCUT2D eigenvalue weighted by Crippen LogP contribution is 2.35. The van der Waals surface area contributed by atoms with E-state index in [4.69, 9.17) is 14.2 Å². The van der Waals surface area contributed by atoms with E-state index >= 15 is 0 Å². The summed E-state index contributed by atoms with van der Waals surface area (Å²) < 4.78 is 15.5. The molecule has 29 heavy (non-hydrogen) atoms. The van der Waals surface area contributed by atoms with Crippen molar-refractivity contribution in [1.29, 1.82) is 0 Å². The molecule has 0 aromatic heterocycles. The smallest absolute Gasteiger partial charge is 0.308 e. The number of fused-ring (bicyclic) bond motifs is 2. The van der Waals surface area contributed by atoms with Crippen LogP contribution in [0.25, 0.3) is 0 Å². The van der Waals surface area contributed by atoms with Gasteiger partial charge in [0.25, 0.3) is 5.91 Å². The van der Waals surface area contributed by atoms with E-state index < -0.39 is 18.5 Å². The predicted molar refractivity (Wildman–Crippen MR) is 106 cm³/mol. The molecule has 2 aromatic carbocycles. The number of anilines is 2. The zero-order valence-corrected chi connectivity index (χ0v) is 16.2. The first-order valence-corrected chi connectivity index (χ1v) is 9.96. The Kier molecular flexibility index (Phi) is 5.57. The van der Waals surface area contributed by atoms with Gasteiger partial charge in [-0.3, -0.25) is 14.4 Å². The van der Waals surface area contributed by atoms with Crippen molar-refractivity contribution in [3.8, 4) is 11.5 Å². The number of nitrogens with one attached hydrogen (secondary N) is 1. The van der Waals surface area contributed by atoms with Gasteiger partial charge in [0, 0.05) is 23.2 Å². The summed E-state index contributed by atoms with van der Waals surface area (Å²) in [5, 5.41) is 2.63. The zero-order chi connectivity index (χ0) is 20.2. The van der Waals surface area contributed by atoms with Gasteiger partial charge in [-0.15, -0.1) is 11.8 Å². The van der Waals surface area contributed by atoms with E-state index in [1.165, 1.54) is 11.8 Å². The number of carbonyl (C=O) groups is 3. The zero-order valence-electron chi connectivity index (χ0n) is 15.4. The predicted octanol–water partition coefficient (Wildman–Crippen LogP) is 2.43. The number of nitrogens with zero attached hydrogens (tertiary/aromatic N) is 1. The Labute approximate surface area is 171 Å². The van der Waals surface area contributed by atoms with Crippen molar-refractivity contribution >= 4 is 40.9 Å². The van der Waals surface area contributed by atoms with Gasteiger partial charge >= 0.3 is 5.97 Å². The lowest BCUT2D eigenvalue weighted by Crippen LogP contribution is -2.37. The average Bonchev–Trinajstić information content (AvgIpc) is 3.19. The standard InChI is InChI=1S/C20H18N2O6S/c23-18(21-13-5-6-15-16(9-13)28-12-27-15)10-26-20(25)7-8-22-14-3-1-2-4-17(14)29-11-19(22)24/h1-6,9H,7-8,10-12H2,(H,21,23). The Bertz CT molecular complexity index is 964. The molecule has 2 amide bonds. The molecule has 0 saturated carbocycles. The number of ether oxygens (including phenoxy) is 3. The summed E-state index contributed by atoms with van der Waals surface area (Å²) in [7, 11) is 0. The fourth-order valence-corrected chi connectivity index (χ4v) is 3.93. The Balaban J connectivity index is 1.25. The number of amides is 2. The molecule has 0 aliphatic carbocycles. The summed E-state index contributed by atoms with van der Waals surface area (Å²) in [5.74, 6) is 0.430. The molecule has 2 aliphatic heterocycles. The SMILES string of the molecule is O=C(COC(=O)CCN1C(=O)CSc2ccccc21)Nc1ccc2c(c1)OCO2. The van der Waals surface area contributed by atoms with Gasteiger partial charge in [0.15, 0.2) is 18.1 Å². The third-order valence-electron chi connectivity index (χ3n) is 4.37. The van der Waals surface area contributed by atoms with Gasteiger partial charge in [-0.05, 0) is 24.3 Å². The van der Waals surface area contributed by atoms with Gasteiger partial charge in [-0.1, -0.05) is 12.1 Å². The lowest BCUT2D eigenvalue weighted by molar-refractivity contribution is -0.147. The van der Waals surface area contributed by atoms with Crippen LogP contribution in [0.2, 0.25) is 0 Å². The van der Waals surface area contributed by atoms with E-state index in [1.807, 2.05) is 24.3 Å². The number of para-hydroxylation sites is 1. The maximum absolute atomic E-state index is 12.2. The number of hydrogen-bond donors (Lipinski definition) is 1. The Hall–Kier alpha value is -3.20. The topological polar surface area (TPSA) is 94.2 Å². The molecule has 2 aliphatic rings. The summed E-state index contributed by atoms with van der Waals surface area (Å²) in [5.41, 5.74) is 1.31. The van der Waals surface area contributed by atoms with Crippen LogP contribution in [0.15, 0.2) is 47.4 Å². The van der Waals surface area contributed by atoms with Crippen LogP contribution in [0.5, 0.6) is 11.5 Å². The second-order valence-electron chi connectivity index (χ2n) is 6.33. The van der Waals surface area contributed by atoms with Crippen LogP contribution >= 0.6 is 11.8 Å². The molecule has 0 unspecified atom stereocenters. The largest absolute Gasteiger partial charge is 0.456 e. The van der Waals surface area contributed by atoms with Crippen LogP contribution in [0.3, 0.4) is 0 Å². The van der Waals surface area contributed by atoms with Crippen molar-refractivity contribution in [2.24, 2.45) is 0 Å². The molecule has 150 valence electrons. The lowest BCUT2D eigenvalue weighted by atomic mass is 10.2. The van der Waals surface area contributed by atoms with E-state index in [1.54, 1.807) is 23.1 Å². The molecule has 2 heterocycles. The first-order chi connectivity index (χ1) is 14.1. The molecule has 0 spiro atoms. The molecule has 8 nitrogen and oxygen atoms in total. The van der Waals surface area contributed by atoms with Crippen molar-refractivity contribution in [2.75, 3.05) is 35.9 Å². The van der Waals surface area contributed by atoms with Crippen LogP contribution in [0.1, 0.15) is 6.42 Å². The van der Waals surface area contributed by atoms with E-state index in [0.717, 1.165) is 10.6 Å². The molecule has 1 N–H and O–H groups in total. The second kappa shape index (κ2) is 8.44. The molecular formula is C20H18N2O6S. The normalized spacial score (nSPS) is 14.3. The number of esters is 1. The van der Waals surface area contributed by atoms with Crippen LogP contribution < -0.4 is 19.7 Å². The highest BCUT2D eigenvalue weighted by atomic mass is 32.2. The van der Waals surface area contributed by atoms with Crippen LogP contribution in [-0.4, -0.2) is 43.5 Å². The maximum Gasteiger partial charge on any atom is 0.308 e. The number of thioether (sulfide) groups is 1. The van der Waals surface area contributed by atoms with Crippen molar-refractivity contribution in [1.82, 2.24) is 0 Å². The molecule has 9 heteroatoms. The summed E-state index contributed by atoms with van der Waals surface area (Å²) in [6.07, 6.45) is 0.00203. The number of hydrogen-bond acceptors (Lipinski definition) is 7. The Morgan fingerprint density at radius 3 is 2.86 bits per heavy atom. The van der Waals surface area contributed by atoms with Gasteiger partial charge in [0.1, 0.15) is 0 Å². The van der Waals surface area contributed by atoms with Crippen LogP contribution in [0.4, 0.5) is 11.4 Å². The fourth-order valence-electron chi connectivity index (χ4n) is 2.99. The van der Waals surface area contributed by atoms with Gasteiger partial charge in [0.2, 0.25) is 12.7 Å². The van der Waals surface area contributed by atoms with Crippen LogP contribution in [-0.2, 0) is 19.1 Å². The van der Waals surface area contributed by atoms with Gasteiger partial charge < -0.3 is 24.4 Å². The van der Waals surface area contributed by atoms with Crippen molar-refractivity contribution in [3.63, 3.8) is 0 Å². The lowest BCUT2D eigenvalue weighted by Gasteiger charge is -2.28. The van der Waals surface area contributed by atoms with E-state index in [-0.39, 0.29) is 25.7 Å². The van der Waals surface area contributed by atoms with Crippen molar-refractivity contribution in [2.45, 2.75) is 11.3 Å². The molecule has 0 saturated heterocycles. The molecule has 0 radical (unpaired) electrons. The first kappa shape index (κ1) is 19.1. The molecule has 0 atom stereocenters. The first-order valence-electron chi connectivity index (χ1n) is 8.97. The third kappa shape index (κ3) is 4.45. The molecule has 0 fully saturated rings. The van der Waals surface area contributed by atoms with Crippen LogP contribution in [0, 0.1) is 0 Å². The summed E-state index contributed by atoms with van der Waals surface area (Å²) in [6, 6.07) is 12.6. The fraction of sp³-hybridized carbons (Fsp3) is 0.250. The van der Waals surface area contributed by atoms with E-state index in [9.17, 15) is 14.4 Å². The Morgan fingerprint density at radius 2 is 1.97 bits per heavy atom. The summed E-state index contributed by atoms with van der Waals surface area (Å²) in [4.78, 5) is 38.8. The van der Waals surface area contributed by atoms with E-state index in [0.29, 0.717) is 22.9 Å². The number of rotatable bonds is 6. The Morgan fingerprint density at radius 1 is 1.14 bits per heavy atom. The molecule has 2 aromatic rings. The monoisotopic (exact) mass is 414 g/mol. The third-order valence-corrected chi connectivity index (χ3v) is 5.42. The minimum absolute atomic E-state index is 0.00203. The summed E-state index contributed by atoms with van der Waals surface area (Å²) in [6.45, 7) is -0.0558. The van der Waals surface area contributed by atoms with E-state index in [2.05, 4.69) is 5.32 Å². The maximum atomic E-state index is 12.2. The van der Waals surface area contributed by atoms with Gasteiger partial charge in [-0.25, -0.2) is 0 Å². The molecular weight excluding hydrogens is 396 g/mol. The summed E-state index contributed by atoms with van der Waals surface area (Å²) >= 11 is 1.48. The quantitative estimate of drug-likeness (QED) is 0.726. The second-order valence-corrected chi connectivity index (χ2v) is 7.35. The van der Waals surface area contributed by atoms with Crippen molar-refractivity contribution in [3.05, 3.63) is 42.5 Å². The van der Waals surface area contributed by atoms with Gasteiger partial charge in [0.05, 0.1) is 17.9 Å². The number of carbonyl (C=O) groups excluding carboxylic acids is 3. The minimum atomic E-state index is -0.547. The van der Waals surface area contributed by atoms with Crippen molar-refractivity contribution < 1.29 is 28.6 Å². The minimum Gasteiger partial charge on any atom is -0.456 e. The highest BCUT2D eigenvalue weighted by Gasteiger charge is 2.25. The average molecular weight is 414 g/mol.